The molecule has 1 aromatic heterocycles. The molecule has 1 aliphatic heterocycles. The lowest BCUT2D eigenvalue weighted by Crippen LogP contribution is -2.48. The number of rotatable bonds is 7. The quantitative estimate of drug-likeness (QED) is 0.742. The number of piperazine rings is 1. The number of hydrogen-bond donors (Lipinski definition) is 1. The number of hydrogen-bond acceptors (Lipinski definition) is 6. The molecule has 1 fully saturated rings. The fourth-order valence-electron chi connectivity index (χ4n) is 3.72. The number of sulfonamides is 1. The first kappa shape index (κ1) is 21.3. The maximum Gasteiger partial charge on any atom is 0.240 e. The summed E-state index contributed by atoms with van der Waals surface area (Å²) in [5.41, 5.74) is 2.80. The average Bonchev–Trinajstić information content (AvgIpc) is 3.17. The largest absolute Gasteiger partial charge is 0.496 e. The highest BCUT2D eigenvalue weighted by atomic mass is 32.2. The maximum atomic E-state index is 13.0. The van der Waals surface area contributed by atoms with Gasteiger partial charge in [-0.25, -0.2) is 13.1 Å². The molecule has 0 spiro atoms. The molecule has 2 aromatic rings. The van der Waals surface area contributed by atoms with Crippen molar-refractivity contribution in [2.24, 2.45) is 0 Å². The van der Waals surface area contributed by atoms with Crippen molar-refractivity contribution in [3.8, 4) is 5.75 Å². The first-order valence-corrected chi connectivity index (χ1v) is 11.8. The number of methoxy groups -OCH3 is 1. The molecule has 1 N–H and O–H groups in total. The molecule has 1 saturated heterocycles. The summed E-state index contributed by atoms with van der Waals surface area (Å²) in [6.45, 7) is 7.92. The zero-order valence-corrected chi connectivity index (χ0v) is 18.6. The molecule has 28 heavy (non-hydrogen) atoms. The lowest BCUT2D eigenvalue weighted by Gasteiger charge is -2.38. The van der Waals surface area contributed by atoms with Crippen LogP contribution in [0.15, 0.2) is 33.9 Å². The molecule has 0 amide bonds. The fourth-order valence-corrected chi connectivity index (χ4v) is 5.63. The standard InChI is InChI=1S/C20H29N3O3S2/c1-15-11-18(12-16(2)20(15)26-4)28(24,25)21-13-19(17-5-10-27-14-17)23-8-6-22(3)7-9-23/h5,10-12,14,19,21H,6-9,13H2,1-4H3/t19-/m0/s1. The van der Waals surface area contributed by atoms with Gasteiger partial charge in [0.05, 0.1) is 12.0 Å². The van der Waals surface area contributed by atoms with E-state index in [1.165, 1.54) is 5.56 Å². The molecule has 8 heteroatoms. The summed E-state index contributed by atoms with van der Waals surface area (Å²) in [5, 5.41) is 4.15. The number of aryl methyl sites for hydroxylation is 2. The van der Waals surface area contributed by atoms with E-state index in [4.69, 9.17) is 4.74 Å². The number of benzene rings is 1. The molecular weight excluding hydrogens is 394 g/mol. The number of thiophene rings is 1. The molecule has 6 nitrogen and oxygen atoms in total. The lowest BCUT2D eigenvalue weighted by molar-refractivity contribution is 0.113. The second-order valence-electron chi connectivity index (χ2n) is 7.35. The van der Waals surface area contributed by atoms with Gasteiger partial charge in [-0.3, -0.25) is 4.90 Å². The maximum absolute atomic E-state index is 13.0. The number of nitrogens with one attached hydrogen (secondary N) is 1. The van der Waals surface area contributed by atoms with Crippen LogP contribution in [-0.4, -0.2) is 65.1 Å². The van der Waals surface area contributed by atoms with Crippen molar-refractivity contribution in [1.29, 1.82) is 0 Å². The minimum Gasteiger partial charge on any atom is -0.496 e. The Hall–Kier alpha value is -1.45. The van der Waals surface area contributed by atoms with Crippen molar-refractivity contribution in [2.45, 2.75) is 24.8 Å². The van der Waals surface area contributed by atoms with E-state index in [1.54, 1.807) is 30.6 Å². The SMILES string of the molecule is COc1c(C)cc(S(=O)(=O)NC[C@@H](c2ccsc2)N2CCN(C)CC2)cc1C. The summed E-state index contributed by atoms with van der Waals surface area (Å²) < 4.78 is 34.1. The molecule has 0 aliphatic carbocycles. The third-order valence-corrected chi connectivity index (χ3v) is 7.43. The van der Waals surface area contributed by atoms with Crippen LogP contribution in [0.3, 0.4) is 0 Å². The van der Waals surface area contributed by atoms with Gasteiger partial charge in [0.1, 0.15) is 5.75 Å². The zero-order valence-electron chi connectivity index (χ0n) is 16.9. The topological polar surface area (TPSA) is 61.9 Å². The van der Waals surface area contributed by atoms with E-state index >= 15 is 0 Å². The number of likely N-dealkylation sites (N-methyl/N-ethyl adjacent to an activating group) is 1. The van der Waals surface area contributed by atoms with Crippen molar-refractivity contribution >= 4 is 21.4 Å². The van der Waals surface area contributed by atoms with E-state index in [9.17, 15) is 8.42 Å². The molecule has 0 unspecified atom stereocenters. The number of nitrogens with zero attached hydrogens (tertiary/aromatic N) is 2. The molecular formula is C20H29N3O3S2. The smallest absolute Gasteiger partial charge is 0.240 e. The van der Waals surface area contributed by atoms with Crippen LogP contribution >= 0.6 is 11.3 Å². The summed E-state index contributed by atoms with van der Waals surface area (Å²) in [6, 6.07) is 5.46. The van der Waals surface area contributed by atoms with Crippen molar-refractivity contribution in [3.63, 3.8) is 0 Å². The molecule has 3 rings (SSSR count). The fraction of sp³-hybridized carbons (Fsp3) is 0.500. The molecule has 0 bridgehead atoms. The van der Waals surface area contributed by atoms with Crippen molar-refractivity contribution < 1.29 is 13.2 Å². The van der Waals surface area contributed by atoms with Crippen molar-refractivity contribution in [2.75, 3.05) is 46.9 Å². The summed E-state index contributed by atoms with van der Waals surface area (Å²) in [7, 11) is 0.114. The molecule has 0 saturated carbocycles. The van der Waals surface area contributed by atoms with Crippen LogP contribution in [-0.2, 0) is 10.0 Å². The minimum atomic E-state index is -3.61. The van der Waals surface area contributed by atoms with Crippen LogP contribution in [0.1, 0.15) is 22.7 Å². The van der Waals surface area contributed by atoms with E-state index < -0.39 is 10.0 Å². The van der Waals surface area contributed by atoms with Crippen LogP contribution in [0.25, 0.3) is 0 Å². The summed E-state index contributed by atoms with van der Waals surface area (Å²) in [6.07, 6.45) is 0. The van der Waals surface area contributed by atoms with Gasteiger partial charge in [0.2, 0.25) is 10.0 Å². The van der Waals surface area contributed by atoms with Gasteiger partial charge >= 0.3 is 0 Å². The van der Waals surface area contributed by atoms with E-state index in [-0.39, 0.29) is 10.9 Å². The van der Waals surface area contributed by atoms with E-state index in [2.05, 4.69) is 33.0 Å². The second kappa shape index (κ2) is 8.92. The summed E-state index contributed by atoms with van der Waals surface area (Å²) in [4.78, 5) is 4.95. The van der Waals surface area contributed by atoms with Gasteiger partial charge in [0, 0.05) is 38.8 Å². The Morgan fingerprint density at radius 3 is 2.36 bits per heavy atom. The molecule has 1 aromatic carbocycles. The highest BCUT2D eigenvalue weighted by Crippen LogP contribution is 2.28. The van der Waals surface area contributed by atoms with Crippen LogP contribution in [0, 0.1) is 13.8 Å². The normalized spacial score (nSPS) is 17.6. The highest BCUT2D eigenvalue weighted by molar-refractivity contribution is 7.89. The van der Waals surface area contributed by atoms with E-state index in [0.29, 0.717) is 6.54 Å². The van der Waals surface area contributed by atoms with Crippen molar-refractivity contribution in [1.82, 2.24) is 14.5 Å². The van der Waals surface area contributed by atoms with Crippen LogP contribution in [0.4, 0.5) is 0 Å². The van der Waals surface area contributed by atoms with Gasteiger partial charge in [-0.1, -0.05) is 0 Å². The van der Waals surface area contributed by atoms with Gasteiger partial charge in [-0.15, -0.1) is 0 Å². The molecule has 1 aliphatic rings. The van der Waals surface area contributed by atoms with Gasteiger partial charge in [0.25, 0.3) is 0 Å². The summed E-state index contributed by atoms with van der Waals surface area (Å²) >= 11 is 1.64. The molecule has 1 atom stereocenters. The molecule has 154 valence electrons. The predicted octanol–water partition coefficient (Wildman–Crippen LogP) is 2.64. The zero-order chi connectivity index (χ0) is 20.3. The molecule has 2 heterocycles. The molecule has 0 radical (unpaired) electrons. The third-order valence-electron chi connectivity index (χ3n) is 5.32. The van der Waals surface area contributed by atoms with Gasteiger partial charge in [0.15, 0.2) is 0 Å². The van der Waals surface area contributed by atoms with Crippen LogP contribution < -0.4 is 9.46 Å². The Morgan fingerprint density at radius 1 is 1.18 bits per heavy atom. The van der Waals surface area contributed by atoms with Gasteiger partial charge in [-0.05, 0) is 66.5 Å². The Labute approximate surface area is 172 Å². The highest BCUT2D eigenvalue weighted by Gasteiger charge is 2.26. The first-order chi connectivity index (χ1) is 13.3. The number of ether oxygens (including phenoxy) is 1. The van der Waals surface area contributed by atoms with E-state index in [0.717, 1.165) is 43.1 Å². The van der Waals surface area contributed by atoms with Crippen LogP contribution in [0.5, 0.6) is 5.75 Å². The predicted molar refractivity (Wildman–Crippen MR) is 114 cm³/mol. The van der Waals surface area contributed by atoms with E-state index in [1.807, 2.05) is 19.2 Å². The van der Waals surface area contributed by atoms with Crippen LogP contribution in [0.2, 0.25) is 0 Å². The summed E-state index contributed by atoms with van der Waals surface area (Å²) in [5.74, 6) is 0.729. The van der Waals surface area contributed by atoms with Crippen molar-refractivity contribution in [3.05, 3.63) is 45.6 Å². The monoisotopic (exact) mass is 423 g/mol. The second-order valence-corrected chi connectivity index (χ2v) is 9.90. The lowest BCUT2D eigenvalue weighted by atomic mass is 10.1. The van der Waals surface area contributed by atoms with Gasteiger partial charge in [-0.2, -0.15) is 11.3 Å². The Kier molecular flexibility index (Phi) is 6.77. The Bertz CT molecular complexity index is 866. The minimum absolute atomic E-state index is 0.0372. The Balaban J connectivity index is 1.79. The average molecular weight is 424 g/mol. The third kappa shape index (κ3) is 4.75. The van der Waals surface area contributed by atoms with Gasteiger partial charge < -0.3 is 9.64 Å². The first-order valence-electron chi connectivity index (χ1n) is 9.41. The Morgan fingerprint density at radius 2 is 1.82 bits per heavy atom.